The van der Waals surface area contributed by atoms with Gasteiger partial charge in [0.2, 0.25) is 0 Å². The summed E-state index contributed by atoms with van der Waals surface area (Å²) in [6, 6.07) is 7.55. The predicted molar refractivity (Wildman–Crippen MR) is 93.9 cm³/mol. The van der Waals surface area contributed by atoms with Gasteiger partial charge < -0.3 is 10.1 Å². The lowest BCUT2D eigenvalue weighted by molar-refractivity contribution is -0.274. The number of halogens is 4. The molecule has 1 aromatic carbocycles. The third-order valence-corrected chi connectivity index (χ3v) is 4.93. The van der Waals surface area contributed by atoms with Gasteiger partial charge in [0.05, 0.1) is 16.8 Å². The highest BCUT2D eigenvalue weighted by Gasteiger charge is 2.31. The zero-order valence-corrected chi connectivity index (χ0v) is 14.9. The SMILES string of the molecule is FC(F)(F)Oc1ccc(-n2nc(C3CNC3)c3c(I)ccnc32)cc1. The fourth-order valence-electron chi connectivity index (χ4n) is 2.77. The van der Waals surface area contributed by atoms with Crippen LogP contribution in [0.3, 0.4) is 0 Å². The van der Waals surface area contributed by atoms with Gasteiger partial charge in [-0.3, -0.25) is 0 Å². The minimum atomic E-state index is -4.71. The van der Waals surface area contributed by atoms with Crippen LogP contribution in [-0.4, -0.2) is 34.2 Å². The normalized spacial score (nSPS) is 15.4. The van der Waals surface area contributed by atoms with E-state index in [1.807, 2.05) is 6.07 Å². The first-order chi connectivity index (χ1) is 11.9. The lowest BCUT2D eigenvalue weighted by atomic mass is 9.97. The van der Waals surface area contributed by atoms with Crippen LogP contribution in [0.2, 0.25) is 0 Å². The molecule has 2 aromatic heterocycles. The highest BCUT2D eigenvalue weighted by atomic mass is 127. The summed E-state index contributed by atoms with van der Waals surface area (Å²) in [5, 5.41) is 8.91. The minimum Gasteiger partial charge on any atom is -0.406 e. The molecule has 1 aliphatic heterocycles. The van der Waals surface area contributed by atoms with Crippen molar-refractivity contribution in [2.24, 2.45) is 0 Å². The molecular formula is C16H12F3IN4O. The van der Waals surface area contributed by atoms with Crippen molar-refractivity contribution >= 4 is 33.6 Å². The molecule has 9 heteroatoms. The largest absolute Gasteiger partial charge is 0.573 e. The summed E-state index contributed by atoms with van der Waals surface area (Å²) in [7, 11) is 0. The Labute approximate surface area is 154 Å². The number of hydrogen-bond donors (Lipinski definition) is 1. The molecule has 1 N–H and O–H groups in total. The van der Waals surface area contributed by atoms with Crippen LogP contribution < -0.4 is 10.1 Å². The van der Waals surface area contributed by atoms with Crippen molar-refractivity contribution in [1.82, 2.24) is 20.1 Å². The van der Waals surface area contributed by atoms with Gasteiger partial charge in [0.15, 0.2) is 5.65 Å². The molecule has 0 atom stereocenters. The second-order valence-corrected chi connectivity index (χ2v) is 6.85. The fraction of sp³-hybridized carbons (Fsp3) is 0.250. The van der Waals surface area contributed by atoms with Crippen LogP contribution >= 0.6 is 22.6 Å². The molecule has 0 unspecified atom stereocenters. The van der Waals surface area contributed by atoms with Crippen LogP contribution in [0.4, 0.5) is 13.2 Å². The van der Waals surface area contributed by atoms with E-state index in [4.69, 9.17) is 5.10 Å². The summed E-state index contributed by atoms with van der Waals surface area (Å²) < 4.78 is 43.5. The molecule has 0 amide bonds. The van der Waals surface area contributed by atoms with E-state index in [-0.39, 0.29) is 5.75 Å². The van der Waals surface area contributed by atoms with Gasteiger partial charge in [-0.15, -0.1) is 13.2 Å². The smallest absolute Gasteiger partial charge is 0.406 e. The Morgan fingerprint density at radius 3 is 2.48 bits per heavy atom. The summed E-state index contributed by atoms with van der Waals surface area (Å²) in [4.78, 5) is 4.43. The summed E-state index contributed by atoms with van der Waals surface area (Å²) in [6.45, 7) is 1.71. The van der Waals surface area contributed by atoms with Gasteiger partial charge >= 0.3 is 6.36 Å². The van der Waals surface area contributed by atoms with Gasteiger partial charge in [0, 0.05) is 28.8 Å². The maximum atomic E-state index is 12.3. The van der Waals surface area contributed by atoms with Gasteiger partial charge in [-0.25, -0.2) is 9.67 Å². The third-order valence-electron chi connectivity index (χ3n) is 4.03. The Morgan fingerprint density at radius 2 is 1.88 bits per heavy atom. The third kappa shape index (κ3) is 3.17. The van der Waals surface area contributed by atoms with E-state index in [0.717, 1.165) is 27.7 Å². The second-order valence-electron chi connectivity index (χ2n) is 5.69. The number of nitrogens with one attached hydrogen (secondary N) is 1. The number of ether oxygens (including phenoxy) is 1. The van der Waals surface area contributed by atoms with Gasteiger partial charge in [-0.05, 0) is 52.9 Å². The minimum absolute atomic E-state index is 0.265. The summed E-state index contributed by atoms with van der Waals surface area (Å²) in [6.07, 6.45) is -3.01. The molecule has 0 aliphatic carbocycles. The van der Waals surface area contributed by atoms with Crippen molar-refractivity contribution in [3.8, 4) is 11.4 Å². The Hall–Kier alpha value is -1.88. The molecule has 130 valence electrons. The van der Waals surface area contributed by atoms with Crippen molar-refractivity contribution in [2.75, 3.05) is 13.1 Å². The van der Waals surface area contributed by atoms with E-state index in [0.29, 0.717) is 17.3 Å². The number of hydrogen-bond acceptors (Lipinski definition) is 4. The first-order valence-electron chi connectivity index (χ1n) is 7.52. The highest BCUT2D eigenvalue weighted by molar-refractivity contribution is 14.1. The van der Waals surface area contributed by atoms with E-state index < -0.39 is 6.36 Å². The summed E-state index contributed by atoms with van der Waals surface area (Å²) in [5.41, 5.74) is 2.28. The first kappa shape index (κ1) is 16.6. The van der Waals surface area contributed by atoms with E-state index >= 15 is 0 Å². The van der Waals surface area contributed by atoms with Crippen molar-refractivity contribution in [2.45, 2.75) is 12.3 Å². The van der Waals surface area contributed by atoms with Gasteiger partial charge in [-0.2, -0.15) is 5.10 Å². The lowest BCUT2D eigenvalue weighted by Crippen LogP contribution is -2.40. The number of alkyl halides is 3. The Bertz CT molecular complexity index is 920. The Kier molecular flexibility index (Phi) is 4.07. The van der Waals surface area contributed by atoms with Crippen molar-refractivity contribution in [3.05, 3.63) is 45.8 Å². The van der Waals surface area contributed by atoms with E-state index in [9.17, 15) is 13.2 Å². The zero-order valence-electron chi connectivity index (χ0n) is 12.7. The van der Waals surface area contributed by atoms with Crippen LogP contribution in [0.15, 0.2) is 36.5 Å². The number of nitrogens with zero attached hydrogens (tertiary/aromatic N) is 3. The monoisotopic (exact) mass is 460 g/mol. The quantitative estimate of drug-likeness (QED) is 0.608. The number of rotatable bonds is 3. The van der Waals surface area contributed by atoms with Crippen molar-refractivity contribution in [3.63, 3.8) is 0 Å². The summed E-state index contributed by atoms with van der Waals surface area (Å²) >= 11 is 2.25. The molecule has 3 aromatic rings. The lowest BCUT2D eigenvalue weighted by Gasteiger charge is -2.25. The van der Waals surface area contributed by atoms with Crippen LogP contribution in [0.1, 0.15) is 11.6 Å². The number of pyridine rings is 1. The fourth-order valence-corrected chi connectivity index (χ4v) is 3.45. The van der Waals surface area contributed by atoms with Crippen molar-refractivity contribution in [1.29, 1.82) is 0 Å². The maximum Gasteiger partial charge on any atom is 0.573 e. The molecule has 3 heterocycles. The molecule has 25 heavy (non-hydrogen) atoms. The number of benzene rings is 1. The molecule has 0 spiro atoms. The van der Waals surface area contributed by atoms with Crippen LogP contribution in [0.5, 0.6) is 5.75 Å². The first-order valence-corrected chi connectivity index (χ1v) is 8.60. The highest BCUT2D eigenvalue weighted by Crippen LogP contribution is 2.32. The second kappa shape index (κ2) is 6.13. The van der Waals surface area contributed by atoms with Crippen LogP contribution in [-0.2, 0) is 0 Å². The number of fused-ring (bicyclic) bond motifs is 1. The molecule has 1 fully saturated rings. The molecule has 0 radical (unpaired) electrons. The Morgan fingerprint density at radius 1 is 1.16 bits per heavy atom. The number of aromatic nitrogens is 3. The van der Waals surface area contributed by atoms with Crippen LogP contribution in [0, 0.1) is 3.57 Å². The van der Waals surface area contributed by atoms with Gasteiger partial charge in [0.25, 0.3) is 0 Å². The van der Waals surface area contributed by atoms with Gasteiger partial charge in [-0.1, -0.05) is 0 Å². The molecule has 4 rings (SSSR count). The van der Waals surface area contributed by atoms with E-state index in [1.165, 1.54) is 24.3 Å². The molecule has 1 aliphatic rings. The molecule has 0 saturated carbocycles. The molecular weight excluding hydrogens is 448 g/mol. The standard InChI is InChI=1S/C16H12F3IN4O/c17-16(18,19)25-11-3-1-10(2-4-11)24-15-13(12(20)5-6-22-15)14(23-24)9-7-21-8-9/h1-6,9,21H,7-8H2. The van der Waals surface area contributed by atoms with E-state index in [1.54, 1.807) is 10.9 Å². The average molecular weight is 460 g/mol. The van der Waals surface area contributed by atoms with Crippen molar-refractivity contribution < 1.29 is 17.9 Å². The molecule has 5 nitrogen and oxygen atoms in total. The van der Waals surface area contributed by atoms with E-state index in [2.05, 4.69) is 37.6 Å². The molecule has 1 saturated heterocycles. The van der Waals surface area contributed by atoms with Gasteiger partial charge in [0.1, 0.15) is 5.75 Å². The Balaban J connectivity index is 1.77. The summed E-state index contributed by atoms with van der Waals surface area (Å²) in [5.74, 6) is 0.0490. The van der Waals surface area contributed by atoms with Crippen LogP contribution in [0.25, 0.3) is 16.7 Å². The zero-order chi connectivity index (χ0) is 17.6. The molecule has 0 bridgehead atoms. The average Bonchev–Trinajstić information content (AvgIpc) is 2.85. The predicted octanol–water partition coefficient (Wildman–Crippen LogP) is 3.61. The maximum absolute atomic E-state index is 12.3. The topological polar surface area (TPSA) is 52.0 Å².